The third-order valence-corrected chi connectivity index (χ3v) is 4.06. The van der Waals surface area contributed by atoms with Gasteiger partial charge in [0.1, 0.15) is 0 Å². The molecule has 0 saturated carbocycles. The van der Waals surface area contributed by atoms with Crippen molar-refractivity contribution in [2.45, 2.75) is 39.0 Å². The normalized spacial score (nSPS) is 16.6. The molecule has 0 bridgehead atoms. The number of carbonyl (C=O) groups excluding carboxylic acids is 1. The Morgan fingerprint density at radius 2 is 1.95 bits per heavy atom. The van der Waals surface area contributed by atoms with E-state index in [2.05, 4.69) is 48.0 Å². The first-order chi connectivity index (χ1) is 10.3. The zero-order valence-electron chi connectivity index (χ0n) is 13.0. The highest BCUT2D eigenvalue weighted by Gasteiger charge is 2.20. The first-order valence-corrected chi connectivity index (χ1v) is 8.11. The van der Waals surface area contributed by atoms with Crippen molar-refractivity contribution < 1.29 is 4.79 Å². The summed E-state index contributed by atoms with van der Waals surface area (Å²) in [7, 11) is 0. The summed E-state index contributed by atoms with van der Waals surface area (Å²) in [4.78, 5) is 11.7. The number of unbranched alkanes of at least 4 members (excludes halogenated alkanes) is 1. The van der Waals surface area contributed by atoms with Crippen molar-refractivity contribution in [1.82, 2.24) is 15.8 Å². The van der Waals surface area contributed by atoms with Crippen LogP contribution in [0.1, 0.15) is 38.2 Å². The number of hydrogen-bond acceptors (Lipinski definition) is 2. The fourth-order valence-electron chi connectivity index (χ4n) is 2.76. The average Bonchev–Trinajstić information content (AvgIpc) is 2.51. The largest absolute Gasteiger partial charge is 0.337 e. The zero-order valence-corrected chi connectivity index (χ0v) is 13.0. The van der Waals surface area contributed by atoms with Gasteiger partial charge in [-0.05, 0) is 37.2 Å². The topological polar surface area (TPSA) is 44.4 Å². The van der Waals surface area contributed by atoms with Gasteiger partial charge in [-0.15, -0.1) is 0 Å². The van der Waals surface area contributed by atoms with Crippen molar-refractivity contribution in [2.75, 3.05) is 19.6 Å². The molecule has 1 fully saturated rings. The molecule has 1 aromatic rings. The van der Waals surface area contributed by atoms with Crippen molar-refractivity contribution in [1.29, 1.82) is 0 Å². The predicted octanol–water partition coefficient (Wildman–Crippen LogP) is 2.96. The number of carbonyl (C=O) groups is 1. The summed E-state index contributed by atoms with van der Waals surface area (Å²) < 4.78 is 0. The lowest BCUT2D eigenvalue weighted by Crippen LogP contribution is -2.50. The molecule has 116 valence electrons. The molecule has 2 amide bonds. The molecule has 0 spiro atoms. The Balaban J connectivity index is 1.65. The van der Waals surface area contributed by atoms with Crippen LogP contribution in [0.2, 0.25) is 0 Å². The smallest absolute Gasteiger partial charge is 0.329 e. The number of urea groups is 1. The summed E-state index contributed by atoms with van der Waals surface area (Å²) in [6.07, 6.45) is 5.57. The summed E-state index contributed by atoms with van der Waals surface area (Å²) in [5.41, 5.74) is 4.36. The number of hydrogen-bond donors (Lipinski definition) is 2. The highest BCUT2D eigenvalue weighted by atomic mass is 16.2. The molecule has 1 aromatic carbocycles. The van der Waals surface area contributed by atoms with Crippen molar-refractivity contribution in [3.63, 3.8) is 0 Å². The molecule has 4 nitrogen and oxygen atoms in total. The van der Waals surface area contributed by atoms with Crippen molar-refractivity contribution in [2.24, 2.45) is 5.92 Å². The molecule has 0 unspecified atom stereocenters. The molecule has 0 aliphatic carbocycles. The van der Waals surface area contributed by atoms with Crippen LogP contribution in [0, 0.1) is 5.92 Å². The first-order valence-electron chi connectivity index (χ1n) is 8.11. The Kier molecular flexibility index (Phi) is 6.54. The number of amides is 2. The number of hydrazine groups is 1. The van der Waals surface area contributed by atoms with Gasteiger partial charge in [0.2, 0.25) is 0 Å². The van der Waals surface area contributed by atoms with Crippen LogP contribution in [0.5, 0.6) is 0 Å². The fourth-order valence-corrected chi connectivity index (χ4v) is 2.76. The third kappa shape index (κ3) is 5.76. The SMILES string of the molecule is CCCCNC(=O)NN1CCC(Cc2ccccc2)CC1. The van der Waals surface area contributed by atoms with E-state index in [4.69, 9.17) is 0 Å². The lowest BCUT2D eigenvalue weighted by molar-refractivity contribution is 0.130. The van der Waals surface area contributed by atoms with Crippen molar-refractivity contribution in [3.8, 4) is 0 Å². The zero-order chi connectivity index (χ0) is 14.9. The van der Waals surface area contributed by atoms with Crippen LogP contribution in [0.25, 0.3) is 0 Å². The van der Waals surface area contributed by atoms with Crippen LogP contribution in [0.15, 0.2) is 30.3 Å². The van der Waals surface area contributed by atoms with Gasteiger partial charge in [0.05, 0.1) is 0 Å². The summed E-state index contributed by atoms with van der Waals surface area (Å²) in [6.45, 7) is 4.77. The monoisotopic (exact) mass is 289 g/mol. The van der Waals surface area contributed by atoms with Crippen molar-refractivity contribution >= 4 is 6.03 Å². The van der Waals surface area contributed by atoms with E-state index in [0.29, 0.717) is 0 Å². The maximum atomic E-state index is 11.7. The number of nitrogens with zero attached hydrogens (tertiary/aromatic N) is 1. The predicted molar refractivity (Wildman–Crippen MR) is 85.9 cm³/mol. The van der Waals surface area contributed by atoms with E-state index in [1.54, 1.807) is 0 Å². The molecule has 0 radical (unpaired) electrons. The van der Waals surface area contributed by atoms with E-state index in [0.717, 1.165) is 57.7 Å². The first kappa shape index (κ1) is 15.8. The van der Waals surface area contributed by atoms with Gasteiger partial charge in [-0.25, -0.2) is 9.80 Å². The molecule has 1 aliphatic rings. The highest BCUT2D eigenvalue weighted by molar-refractivity contribution is 5.73. The summed E-state index contributed by atoms with van der Waals surface area (Å²) in [5.74, 6) is 0.730. The van der Waals surface area contributed by atoms with E-state index < -0.39 is 0 Å². The van der Waals surface area contributed by atoms with Gasteiger partial charge in [0, 0.05) is 19.6 Å². The molecular weight excluding hydrogens is 262 g/mol. The van der Waals surface area contributed by atoms with Crippen molar-refractivity contribution in [3.05, 3.63) is 35.9 Å². The lowest BCUT2D eigenvalue weighted by Gasteiger charge is -2.32. The molecule has 0 aromatic heterocycles. The molecular formula is C17H27N3O. The van der Waals surface area contributed by atoms with Crippen LogP contribution in [-0.4, -0.2) is 30.7 Å². The summed E-state index contributed by atoms with van der Waals surface area (Å²) >= 11 is 0. The maximum absolute atomic E-state index is 11.7. The Labute approximate surface area is 127 Å². The second kappa shape index (κ2) is 8.67. The minimum absolute atomic E-state index is 0.0649. The second-order valence-corrected chi connectivity index (χ2v) is 5.84. The van der Waals surface area contributed by atoms with Crippen LogP contribution >= 0.6 is 0 Å². The molecule has 2 rings (SSSR count). The van der Waals surface area contributed by atoms with Gasteiger partial charge in [0.15, 0.2) is 0 Å². The number of piperidine rings is 1. The molecule has 4 heteroatoms. The Bertz CT molecular complexity index is 413. The minimum Gasteiger partial charge on any atom is -0.337 e. The van der Waals surface area contributed by atoms with Gasteiger partial charge >= 0.3 is 6.03 Å². The van der Waals surface area contributed by atoms with E-state index in [9.17, 15) is 4.79 Å². The van der Waals surface area contributed by atoms with Gasteiger partial charge in [-0.3, -0.25) is 5.43 Å². The van der Waals surface area contributed by atoms with E-state index in [-0.39, 0.29) is 6.03 Å². The van der Waals surface area contributed by atoms with Crippen LogP contribution in [0.3, 0.4) is 0 Å². The number of nitrogens with one attached hydrogen (secondary N) is 2. The van der Waals surface area contributed by atoms with E-state index in [1.165, 1.54) is 5.56 Å². The lowest BCUT2D eigenvalue weighted by atomic mass is 9.91. The molecule has 1 heterocycles. The molecule has 1 aliphatic heterocycles. The van der Waals surface area contributed by atoms with E-state index in [1.807, 2.05) is 5.01 Å². The van der Waals surface area contributed by atoms with Crippen LogP contribution < -0.4 is 10.7 Å². The van der Waals surface area contributed by atoms with Gasteiger partial charge in [-0.2, -0.15) is 0 Å². The Morgan fingerprint density at radius 3 is 2.62 bits per heavy atom. The molecule has 2 N–H and O–H groups in total. The standard InChI is InChI=1S/C17H27N3O/c1-2-3-11-18-17(21)19-20-12-9-16(10-13-20)14-15-7-5-4-6-8-15/h4-8,16H,2-3,9-14H2,1H3,(H2,18,19,21). The maximum Gasteiger partial charge on any atom is 0.329 e. The Morgan fingerprint density at radius 1 is 1.24 bits per heavy atom. The summed E-state index contributed by atoms with van der Waals surface area (Å²) in [5, 5.41) is 4.93. The highest BCUT2D eigenvalue weighted by Crippen LogP contribution is 2.20. The second-order valence-electron chi connectivity index (χ2n) is 5.84. The molecule has 1 saturated heterocycles. The minimum atomic E-state index is -0.0649. The van der Waals surface area contributed by atoms with Gasteiger partial charge in [-0.1, -0.05) is 43.7 Å². The Hall–Kier alpha value is -1.55. The molecule has 21 heavy (non-hydrogen) atoms. The van der Waals surface area contributed by atoms with Crippen LogP contribution in [0.4, 0.5) is 4.79 Å². The number of benzene rings is 1. The third-order valence-electron chi connectivity index (χ3n) is 4.06. The number of rotatable bonds is 6. The van der Waals surface area contributed by atoms with E-state index >= 15 is 0 Å². The van der Waals surface area contributed by atoms with Crippen LogP contribution in [-0.2, 0) is 6.42 Å². The fraction of sp³-hybridized carbons (Fsp3) is 0.588. The quantitative estimate of drug-likeness (QED) is 0.791. The molecule has 0 atom stereocenters. The average molecular weight is 289 g/mol. The summed E-state index contributed by atoms with van der Waals surface area (Å²) in [6, 6.07) is 10.6. The van der Waals surface area contributed by atoms with Gasteiger partial charge in [0.25, 0.3) is 0 Å². The van der Waals surface area contributed by atoms with Gasteiger partial charge < -0.3 is 5.32 Å².